The largest absolute Gasteiger partial charge is 0.482 e. The van der Waals surface area contributed by atoms with Crippen LogP contribution in [0.5, 0.6) is 5.75 Å². The SMILES string of the molecule is CC(=O)Nc1ccccc1OCC(=O)NC(c1ccc(C)cc1)c1cccs1. The van der Waals surface area contributed by atoms with Crippen LogP contribution in [-0.2, 0) is 9.59 Å². The Balaban J connectivity index is 1.70. The van der Waals surface area contributed by atoms with Crippen LogP contribution in [0.4, 0.5) is 5.69 Å². The van der Waals surface area contributed by atoms with Crippen LogP contribution in [0.15, 0.2) is 66.0 Å². The lowest BCUT2D eigenvalue weighted by molar-refractivity contribution is -0.123. The van der Waals surface area contributed by atoms with Crippen molar-refractivity contribution in [3.05, 3.63) is 82.0 Å². The van der Waals surface area contributed by atoms with E-state index in [4.69, 9.17) is 4.74 Å². The number of thiophene rings is 1. The molecule has 0 fully saturated rings. The Labute approximate surface area is 168 Å². The summed E-state index contributed by atoms with van der Waals surface area (Å²) in [4.78, 5) is 24.9. The molecule has 1 unspecified atom stereocenters. The Kier molecular flexibility index (Phi) is 6.45. The minimum absolute atomic E-state index is 0.148. The van der Waals surface area contributed by atoms with Crippen molar-refractivity contribution in [2.45, 2.75) is 19.9 Å². The molecule has 0 aliphatic rings. The topological polar surface area (TPSA) is 67.4 Å². The maximum atomic E-state index is 12.6. The van der Waals surface area contributed by atoms with Crippen molar-refractivity contribution < 1.29 is 14.3 Å². The summed E-state index contributed by atoms with van der Waals surface area (Å²) >= 11 is 1.59. The van der Waals surface area contributed by atoms with Gasteiger partial charge in [-0.1, -0.05) is 48.0 Å². The van der Waals surface area contributed by atoms with Crippen molar-refractivity contribution in [2.75, 3.05) is 11.9 Å². The maximum Gasteiger partial charge on any atom is 0.258 e. The summed E-state index contributed by atoms with van der Waals surface area (Å²) < 4.78 is 5.65. The van der Waals surface area contributed by atoms with E-state index in [1.165, 1.54) is 6.92 Å². The predicted octanol–water partition coefficient (Wildman–Crippen LogP) is 4.30. The Bertz CT molecular complexity index is 937. The van der Waals surface area contributed by atoms with Gasteiger partial charge in [-0.25, -0.2) is 0 Å². The van der Waals surface area contributed by atoms with Gasteiger partial charge in [-0.15, -0.1) is 11.3 Å². The number of ether oxygens (including phenoxy) is 1. The lowest BCUT2D eigenvalue weighted by Gasteiger charge is -2.19. The standard InChI is InChI=1S/C22H22N2O3S/c1-15-9-11-17(12-10-15)22(20-8-5-13-28-20)24-21(26)14-27-19-7-4-3-6-18(19)23-16(2)25/h3-13,22H,14H2,1-2H3,(H,23,25)(H,24,26). The number of rotatable bonds is 7. The summed E-state index contributed by atoms with van der Waals surface area (Å²) in [5.41, 5.74) is 2.72. The zero-order valence-corrected chi connectivity index (χ0v) is 16.6. The molecule has 144 valence electrons. The fourth-order valence-electron chi connectivity index (χ4n) is 2.76. The van der Waals surface area contributed by atoms with Crippen molar-refractivity contribution in [1.82, 2.24) is 5.32 Å². The maximum absolute atomic E-state index is 12.6. The zero-order valence-electron chi connectivity index (χ0n) is 15.8. The summed E-state index contributed by atoms with van der Waals surface area (Å²) in [6.45, 7) is 3.31. The van der Waals surface area contributed by atoms with E-state index >= 15 is 0 Å². The van der Waals surface area contributed by atoms with E-state index in [1.54, 1.807) is 35.6 Å². The molecule has 2 N–H and O–H groups in total. The number of carbonyl (C=O) groups is 2. The average Bonchev–Trinajstić information content (AvgIpc) is 3.20. The molecule has 0 aliphatic heterocycles. The van der Waals surface area contributed by atoms with E-state index in [2.05, 4.69) is 10.6 Å². The van der Waals surface area contributed by atoms with Gasteiger partial charge in [0.05, 0.1) is 11.7 Å². The van der Waals surface area contributed by atoms with Gasteiger partial charge in [-0.05, 0) is 36.1 Å². The van der Waals surface area contributed by atoms with Crippen molar-refractivity contribution in [3.8, 4) is 5.75 Å². The van der Waals surface area contributed by atoms with Crippen molar-refractivity contribution in [3.63, 3.8) is 0 Å². The highest BCUT2D eigenvalue weighted by Gasteiger charge is 2.18. The molecule has 28 heavy (non-hydrogen) atoms. The van der Waals surface area contributed by atoms with Gasteiger partial charge >= 0.3 is 0 Å². The van der Waals surface area contributed by atoms with Gasteiger partial charge in [-0.2, -0.15) is 0 Å². The molecule has 5 nitrogen and oxygen atoms in total. The van der Waals surface area contributed by atoms with Crippen LogP contribution in [0.1, 0.15) is 29.0 Å². The quantitative estimate of drug-likeness (QED) is 0.628. The fourth-order valence-corrected chi connectivity index (χ4v) is 3.57. The van der Waals surface area contributed by atoms with Crippen molar-refractivity contribution >= 4 is 28.8 Å². The molecule has 1 heterocycles. The van der Waals surface area contributed by atoms with Crippen LogP contribution in [0.25, 0.3) is 0 Å². The van der Waals surface area contributed by atoms with E-state index in [0.717, 1.165) is 16.0 Å². The minimum atomic E-state index is -0.239. The summed E-state index contributed by atoms with van der Waals surface area (Å²) in [7, 11) is 0. The Morgan fingerprint density at radius 2 is 1.79 bits per heavy atom. The van der Waals surface area contributed by atoms with E-state index in [-0.39, 0.29) is 24.5 Å². The summed E-state index contributed by atoms with van der Waals surface area (Å²) in [5.74, 6) is 0.0186. The molecule has 0 radical (unpaired) electrons. The lowest BCUT2D eigenvalue weighted by Crippen LogP contribution is -2.33. The van der Waals surface area contributed by atoms with Crippen molar-refractivity contribution in [2.24, 2.45) is 0 Å². The monoisotopic (exact) mass is 394 g/mol. The van der Waals surface area contributed by atoms with Gasteiger partial charge in [-0.3, -0.25) is 9.59 Å². The zero-order chi connectivity index (χ0) is 19.9. The third-order valence-corrected chi connectivity index (χ3v) is 5.04. The number of hydrogen-bond donors (Lipinski definition) is 2. The predicted molar refractivity (Wildman–Crippen MR) is 112 cm³/mol. The van der Waals surface area contributed by atoms with Crippen LogP contribution in [0.2, 0.25) is 0 Å². The Hall–Kier alpha value is -3.12. The average molecular weight is 394 g/mol. The van der Waals surface area contributed by atoms with Crippen molar-refractivity contribution in [1.29, 1.82) is 0 Å². The highest BCUT2D eigenvalue weighted by molar-refractivity contribution is 7.10. The molecular weight excluding hydrogens is 372 g/mol. The number of aryl methyl sites for hydroxylation is 1. The molecule has 0 saturated heterocycles. The van der Waals surface area contributed by atoms with Crippen LogP contribution in [-0.4, -0.2) is 18.4 Å². The fraction of sp³-hybridized carbons (Fsp3) is 0.182. The van der Waals surface area contributed by atoms with Gasteiger partial charge in [0.1, 0.15) is 5.75 Å². The third-order valence-electron chi connectivity index (χ3n) is 4.10. The molecule has 1 atom stereocenters. The van der Waals surface area contributed by atoms with Gasteiger partial charge in [0.2, 0.25) is 5.91 Å². The van der Waals surface area contributed by atoms with E-state index in [1.807, 2.05) is 48.7 Å². The third kappa shape index (κ3) is 5.20. The molecular formula is C22H22N2O3S. The minimum Gasteiger partial charge on any atom is -0.482 e. The smallest absolute Gasteiger partial charge is 0.258 e. The number of anilines is 1. The molecule has 3 rings (SSSR count). The van der Waals surface area contributed by atoms with Gasteiger partial charge in [0, 0.05) is 11.8 Å². The second-order valence-electron chi connectivity index (χ2n) is 6.39. The summed E-state index contributed by atoms with van der Waals surface area (Å²) in [5, 5.41) is 7.73. The molecule has 0 saturated carbocycles. The van der Waals surface area contributed by atoms with Gasteiger partial charge < -0.3 is 15.4 Å². The highest BCUT2D eigenvalue weighted by Crippen LogP contribution is 2.27. The first-order valence-electron chi connectivity index (χ1n) is 8.91. The van der Waals surface area contributed by atoms with E-state index in [0.29, 0.717) is 11.4 Å². The number of nitrogens with one attached hydrogen (secondary N) is 2. The first-order chi connectivity index (χ1) is 13.5. The molecule has 0 spiro atoms. The normalized spacial score (nSPS) is 11.5. The van der Waals surface area contributed by atoms with E-state index in [9.17, 15) is 9.59 Å². The van der Waals surface area contributed by atoms with E-state index < -0.39 is 0 Å². The number of carbonyl (C=O) groups excluding carboxylic acids is 2. The van der Waals surface area contributed by atoms with Gasteiger partial charge in [0.15, 0.2) is 6.61 Å². The molecule has 6 heteroatoms. The molecule has 3 aromatic rings. The summed E-state index contributed by atoms with van der Waals surface area (Å²) in [6.07, 6.45) is 0. The highest BCUT2D eigenvalue weighted by atomic mass is 32.1. The number of hydrogen-bond acceptors (Lipinski definition) is 4. The first-order valence-corrected chi connectivity index (χ1v) is 9.79. The first kappa shape index (κ1) is 19.6. The number of amides is 2. The van der Waals surface area contributed by atoms with Crippen LogP contribution in [0, 0.1) is 6.92 Å². The van der Waals surface area contributed by atoms with Crippen LogP contribution < -0.4 is 15.4 Å². The molecule has 0 bridgehead atoms. The lowest BCUT2D eigenvalue weighted by atomic mass is 10.0. The number of para-hydroxylation sites is 2. The second kappa shape index (κ2) is 9.19. The van der Waals surface area contributed by atoms with Crippen LogP contribution >= 0.6 is 11.3 Å². The van der Waals surface area contributed by atoms with Gasteiger partial charge in [0.25, 0.3) is 5.91 Å². The molecule has 0 aliphatic carbocycles. The molecule has 2 amide bonds. The molecule has 2 aromatic carbocycles. The van der Waals surface area contributed by atoms with Crippen LogP contribution in [0.3, 0.4) is 0 Å². The summed E-state index contributed by atoms with van der Waals surface area (Å²) in [6, 6.07) is 18.9. The molecule has 1 aromatic heterocycles. The Morgan fingerprint density at radius 3 is 2.46 bits per heavy atom. The number of benzene rings is 2. The Morgan fingerprint density at radius 1 is 1.04 bits per heavy atom. The second-order valence-corrected chi connectivity index (χ2v) is 7.37.